The van der Waals surface area contributed by atoms with Crippen LogP contribution >= 0.6 is 15.9 Å². The third-order valence-corrected chi connectivity index (χ3v) is 5.03. The highest BCUT2D eigenvalue weighted by atomic mass is 79.9. The predicted octanol–water partition coefficient (Wildman–Crippen LogP) is 3.57. The Labute approximate surface area is 124 Å². The Kier molecular flexibility index (Phi) is 4.25. The first-order chi connectivity index (χ1) is 9.28. The van der Waals surface area contributed by atoms with E-state index in [1.807, 2.05) is 0 Å². The van der Waals surface area contributed by atoms with Gasteiger partial charge in [-0.3, -0.25) is 4.90 Å². The SMILES string of the molecule is NCC(c1ccccc1Br)N(CC1CC1)CC1CC1. The van der Waals surface area contributed by atoms with Crippen LogP contribution in [0, 0.1) is 11.8 Å². The summed E-state index contributed by atoms with van der Waals surface area (Å²) in [4.78, 5) is 2.65. The van der Waals surface area contributed by atoms with Crippen molar-refractivity contribution in [2.75, 3.05) is 19.6 Å². The number of hydrogen-bond acceptors (Lipinski definition) is 2. The van der Waals surface area contributed by atoms with E-state index < -0.39 is 0 Å². The number of nitrogens with zero attached hydrogens (tertiary/aromatic N) is 1. The Morgan fingerprint density at radius 2 is 1.68 bits per heavy atom. The Bertz CT molecular complexity index is 413. The van der Waals surface area contributed by atoms with Gasteiger partial charge in [-0.2, -0.15) is 0 Å². The minimum Gasteiger partial charge on any atom is -0.329 e. The number of nitrogens with two attached hydrogens (primary N) is 1. The summed E-state index contributed by atoms with van der Waals surface area (Å²) in [5.41, 5.74) is 7.46. The van der Waals surface area contributed by atoms with Gasteiger partial charge in [0.2, 0.25) is 0 Å². The molecule has 19 heavy (non-hydrogen) atoms. The van der Waals surface area contributed by atoms with Gasteiger partial charge in [0, 0.05) is 30.1 Å². The molecular weight excluding hydrogens is 300 g/mol. The fourth-order valence-corrected chi connectivity index (χ4v) is 3.36. The molecule has 3 heteroatoms. The molecule has 0 bridgehead atoms. The van der Waals surface area contributed by atoms with Crippen molar-refractivity contribution < 1.29 is 0 Å². The minimum atomic E-state index is 0.372. The topological polar surface area (TPSA) is 29.3 Å². The molecule has 2 fully saturated rings. The molecule has 0 saturated heterocycles. The van der Waals surface area contributed by atoms with Crippen molar-refractivity contribution >= 4 is 15.9 Å². The molecule has 0 aliphatic heterocycles. The molecule has 2 saturated carbocycles. The van der Waals surface area contributed by atoms with Crippen LogP contribution < -0.4 is 5.73 Å². The molecule has 2 nitrogen and oxygen atoms in total. The van der Waals surface area contributed by atoms with Crippen molar-refractivity contribution in [3.63, 3.8) is 0 Å². The van der Waals surface area contributed by atoms with Gasteiger partial charge in [0.05, 0.1) is 0 Å². The second kappa shape index (κ2) is 5.94. The average molecular weight is 323 g/mol. The summed E-state index contributed by atoms with van der Waals surface area (Å²) in [6.07, 6.45) is 5.64. The molecule has 0 amide bonds. The van der Waals surface area contributed by atoms with Gasteiger partial charge in [0.15, 0.2) is 0 Å². The molecule has 1 atom stereocenters. The van der Waals surface area contributed by atoms with Crippen LogP contribution in [-0.2, 0) is 0 Å². The summed E-state index contributed by atoms with van der Waals surface area (Å²) >= 11 is 3.69. The first-order valence-electron chi connectivity index (χ1n) is 7.46. The van der Waals surface area contributed by atoms with Gasteiger partial charge in [0.25, 0.3) is 0 Å². The highest BCUT2D eigenvalue weighted by molar-refractivity contribution is 9.10. The largest absolute Gasteiger partial charge is 0.329 e. The molecule has 0 radical (unpaired) electrons. The quantitative estimate of drug-likeness (QED) is 0.831. The van der Waals surface area contributed by atoms with Crippen LogP contribution in [0.2, 0.25) is 0 Å². The number of rotatable bonds is 7. The number of benzene rings is 1. The first-order valence-corrected chi connectivity index (χ1v) is 8.25. The van der Waals surface area contributed by atoms with E-state index in [1.54, 1.807) is 0 Å². The summed E-state index contributed by atoms with van der Waals surface area (Å²) < 4.78 is 1.20. The van der Waals surface area contributed by atoms with Crippen LogP contribution in [0.25, 0.3) is 0 Å². The molecule has 3 rings (SSSR count). The lowest BCUT2D eigenvalue weighted by Gasteiger charge is -2.32. The van der Waals surface area contributed by atoms with Gasteiger partial charge in [-0.05, 0) is 49.1 Å². The fraction of sp³-hybridized carbons (Fsp3) is 0.625. The van der Waals surface area contributed by atoms with Crippen LogP contribution in [-0.4, -0.2) is 24.5 Å². The zero-order valence-electron chi connectivity index (χ0n) is 11.4. The van der Waals surface area contributed by atoms with E-state index in [1.165, 1.54) is 48.8 Å². The standard InChI is InChI=1S/C16H23BrN2/c17-15-4-2-1-3-14(15)16(9-18)19(10-12-5-6-12)11-13-7-8-13/h1-4,12-13,16H,5-11,18H2. The van der Waals surface area contributed by atoms with Crippen molar-refractivity contribution in [2.45, 2.75) is 31.7 Å². The first kappa shape index (κ1) is 13.6. The van der Waals surface area contributed by atoms with E-state index in [9.17, 15) is 0 Å². The summed E-state index contributed by atoms with van der Waals surface area (Å²) in [7, 11) is 0. The Morgan fingerprint density at radius 3 is 2.16 bits per heavy atom. The molecule has 1 aromatic rings. The highest BCUT2D eigenvalue weighted by Gasteiger charge is 2.33. The minimum absolute atomic E-state index is 0.372. The third-order valence-electron chi connectivity index (χ3n) is 4.31. The monoisotopic (exact) mass is 322 g/mol. The van der Waals surface area contributed by atoms with Crippen LogP contribution in [0.1, 0.15) is 37.3 Å². The normalized spacial score (nSPS) is 20.8. The molecule has 2 aliphatic rings. The van der Waals surface area contributed by atoms with Crippen LogP contribution in [0.4, 0.5) is 0 Å². The molecule has 0 aromatic heterocycles. The van der Waals surface area contributed by atoms with Crippen LogP contribution in [0.5, 0.6) is 0 Å². The highest BCUT2D eigenvalue weighted by Crippen LogP contribution is 2.38. The van der Waals surface area contributed by atoms with Gasteiger partial charge in [-0.1, -0.05) is 34.1 Å². The van der Waals surface area contributed by atoms with Crippen LogP contribution in [0.15, 0.2) is 28.7 Å². The van der Waals surface area contributed by atoms with Gasteiger partial charge in [0.1, 0.15) is 0 Å². The van der Waals surface area contributed by atoms with Gasteiger partial charge in [-0.25, -0.2) is 0 Å². The van der Waals surface area contributed by atoms with Gasteiger partial charge < -0.3 is 5.73 Å². The van der Waals surface area contributed by atoms with E-state index in [0.29, 0.717) is 12.6 Å². The summed E-state index contributed by atoms with van der Waals surface area (Å²) in [5, 5.41) is 0. The van der Waals surface area contributed by atoms with Crippen molar-refractivity contribution in [3.05, 3.63) is 34.3 Å². The number of hydrogen-bond donors (Lipinski definition) is 1. The van der Waals surface area contributed by atoms with E-state index >= 15 is 0 Å². The third kappa shape index (κ3) is 3.59. The van der Waals surface area contributed by atoms with Crippen molar-refractivity contribution in [1.82, 2.24) is 4.90 Å². The molecule has 0 spiro atoms. The molecule has 2 aliphatic carbocycles. The van der Waals surface area contributed by atoms with E-state index in [2.05, 4.69) is 45.1 Å². The molecule has 2 N–H and O–H groups in total. The molecule has 0 heterocycles. The number of halogens is 1. The molecular formula is C16H23BrN2. The maximum absolute atomic E-state index is 6.10. The van der Waals surface area contributed by atoms with E-state index in [0.717, 1.165) is 11.8 Å². The molecule has 1 unspecified atom stereocenters. The Balaban J connectivity index is 1.77. The summed E-state index contributed by atoms with van der Waals surface area (Å²) in [6.45, 7) is 3.18. The lowest BCUT2D eigenvalue weighted by Crippen LogP contribution is -2.37. The fourth-order valence-electron chi connectivity index (χ4n) is 2.81. The zero-order chi connectivity index (χ0) is 13.2. The zero-order valence-corrected chi connectivity index (χ0v) is 13.0. The molecule has 104 valence electrons. The predicted molar refractivity (Wildman–Crippen MR) is 83.0 cm³/mol. The Morgan fingerprint density at radius 1 is 1.11 bits per heavy atom. The molecule has 1 aromatic carbocycles. The average Bonchev–Trinajstić information content (AvgIpc) is 3.28. The summed E-state index contributed by atoms with van der Waals surface area (Å²) in [6, 6.07) is 8.91. The lowest BCUT2D eigenvalue weighted by atomic mass is 10.0. The van der Waals surface area contributed by atoms with Crippen molar-refractivity contribution in [2.24, 2.45) is 17.6 Å². The van der Waals surface area contributed by atoms with Gasteiger partial charge >= 0.3 is 0 Å². The smallest absolute Gasteiger partial charge is 0.0481 e. The van der Waals surface area contributed by atoms with Crippen molar-refractivity contribution in [3.8, 4) is 0 Å². The maximum Gasteiger partial charge on any atom is 0.0481 e. The Hall–Kier alpha value is -0.380. The van der Waals surface area contributed by atoms with E-state index in [-0.39, 0.29) is 0 Å². The summed E-state index contributed by atoms with van der Waals surface area (Å²) in [5.74, 6) is 1.85. The second-order valence-electron chi connectivity index (χ2n) is 6.11. The van der Waals surface area contributed by atoms with Crippen molar-refractivity contribution in [1.29, 1.82) is 0 Å². The van der Waals surface area contributed by atoms with E-state index in [4.69, 9.17) is 5.73 Å². The van der Waals surface area contributed by atoms with Gasteiger partial charge in [-0.15, -0.1) is 0 Å². The maximum atomic E-state index is 6.10. The second-order valence-corrected chi connectivity index (χ2v) is 6.97. The van der Waals surface area contributed by atoms with Crippen LogP contribution in [0.3, 0.4) is 0 Å². The lowest BCUT2D eigenvalue weighted by molar-refractivity contribution is 0.184.